The van der Waals surface area contributed by atoms with Crippen LogP contribution in [0.3, 0.4) is 0 Å². The quantitative estimate of drug-likeness (QED) is 0.329. The summed E-state index contributed by atoms with van der Waals surface area (Å²) in [4.78, 5) is 0. The first kappa shape index (κ1) is 21.3. The van der Waals surface area contributed by atoms with Gasteiger partial charge >= 0.3 is 0 Å². The molecular weight excluding hydrogens is 400 g/mol. The molecule has 32 heavy (non-hydrogen) atoms. The van der Waals surface area contributed by atoms with Crippen molar-refractivity contribution < 1.29 is 18.9 Å². The van der Waals surface area contributed by atoms with Crippen molar-refractivity contribution in [2.45, 2.75) is 0 Å². The first-order valence-electron chi connectivity index (χ1n) is 10.3. The van der Waals surface area contributed by atoms with Crippen molar-refractivity contribution in [1.82, 2.24) is 0 Å². The second kappa shape index (κ2) is 9.48. The summed E-state index contributed by atoms with van der Waals surface area (Å²) in [5.74, 6) is 3.17. The van der Waals surface area contributed by atoms with Gasteiger partial charge in [0.15, 0.2) is 0 Å². The maximum Gasteiger partial charge on any atom is 0.126 e. The summed E-state index contributed by atoms with van der Waals surface area (Å²) in [5, 5.41) is 0. The molecule has 0 fully saturated rings. The van der Waals surface area contributed by atoms with Crippen molar-refractivity contribution in [1.29, 1.82) is 0 Å². The standard InChI is InChI=1S/C28H26O4/c1-29-25-11-7-5-9-21(25)23-17-19(13-15-27(23)31-3)20-14-16-28(32-4)24(18-20)22-10-6-8-12-26(22)30-2/h5-18H,1-4H3. The van der Waals surface area contributed by atoms with E-state index in [1.807, 2.05) is 60.7 Å². The molecule has 0 aliphatic heterocycles. The van der Waals surface area contributed by atoms with Gasteiger partial charge in [-0.15, -0.1) is 0 Å². The molecule has 0 spiro atoms. The molecule has 4 heteroatoms. The largest absolute Gasteiger partial charge is 0.496 e. The van der Waals surface area contributed by atoms with Crippen LogP contribution in [0, 0.1) is 0 Å². The third kappa shape index (κ3) is 4.00. The molecule has 0 aliphatic carbocycles. The second-order valence-electron chi connectivity index (χ2n) is 7.23. The van der Waals surface area contributed by atoms with Crippen molar-refractivity contribution in [3.05, 3.63) is 84.9 Å². The van der Waals surface area contributed by atoms with Gasteiger partial charge in [-0.1, -0.05) is 48.5 Å². The van der Waals surface area contributed by atoms with E-state index in [2.05, 4.69) is 24.3 Å². The SMILES string of the molecule is COc1ccccc1-c1cc(-c2ccc(OC)c(-c3ccccc3OC)c2)ccc1OC. The Labute approximate surface area is 189 Å². The lowest BCUT2D eigenvalue weighted by Gasteiger charge is -2.16. The van der Waals surface area contributed by atoms with Crippen LogP contribution in [0.15, 0.2) is 84.9 Å². The first-order chi connectivity index (χ1) is 15.7. The highest BCUT2D eigenvalue weighted by Crippen LogP contribution is 2.42. The highest BCUT2D eigenvalue weighted by molar-refractivity contribution is 5.84. The average molecular weight is 427 g/mol. The van der Waals surface area contributed by atoms with E-state index < -0.39 is 0 Å². The molecular formula is C28H26O4. The van der Waals surface area contributed by atoms with E-state index in [1.165, 1.54) is 0 Å². The van der Waals surface area contributed by atoms with Gasteiger partial charge in [-0.2, -0.15) is 0 Å². The van der Waals surface area contributed by atoms with Crippen molar-refractivity contribution in [2.24, 2.45) is 0 Å². The zero-order chi connectivity index (χ0) is 22.5. The molecule has 4 aromatic carbocycles. The van der Waals surface area contributed by atoms with Crippen LogP contribution in [0.5, 0.6) is 23.0 Å². The molecule has 0 radical (unpaired) electrons. The molecule has 4 nitrogen and oxygen atoms in total. The number of hydrogen-bond donors (Lipinski definition) is 0. The summed E-state index contributed by atoms with van der Waals surface area (Å²) >= 11 is 0. The number of ether oxygens (including phenoxy) is 4. The summed E-state index contributed by atoms with van der Waals surface area (Å²) in [5.41, 5.74) is 6.02. The minimum absolute atomic E-state index is 0.789. The van der Waals surface area contributed by atoms with E-state index in [0.717, 1.165) is 56.4 Å². The van der Waals surface area contributed by atoms with Crippen LogP contribution in [0.4, 0.5) is 0 Å². The normalized spacial score (nSPS) is 10.5. The Balaban J connectivity index is 1.88. The zero-order valence-electron chi connectivity index (χ0n) is 18.7. The Bertz CT molecular complexity index is 1130. The topological polar surface area (TPSA) is 36.9 Å². The Kier molecular flexibility index (Phi) is 6.31. The third-order valence-corrected chi connectivity index (χ3v) is 5.53. The van der Waals surface area contributed by atoms with Gasteiger partial charge in [-0.3, -0.25) is 0 Å². The number of rotatable bonds is 7. The maximum absolute atomic E-state index is 5.66. The predicted molar refractivity (Wildman–Crippen MR) is 129 cm³/mol. The average Bonchev–Trinajstić information content (AvgIpc) is 2.87. The molecule has 162 valence electrons. The van der Waals surface area contributed by atoms with Crippen molar-refractivity contribution in [3.8, 4) is 56.4 Å². The Morgan fingerprint density at radius 3 is 1.09 bits per heavy atom. The Morgan fingerprint density at radius 2 is 0.719 bits per heavy atom. The molecule has 0 aromatic heterocycles. The third-order valence-electron chi connectivity index (χ3n) is 5.53. The fourth-order valence-electron chi connectivity index (χ4n) is 3.93. The molecule has 0 amide bonds. The van der Waals surface area contributed by atoms with Crippen LogP contribution in [0.25, 0.3) is 33.4 Å². The van der Waals surface area contributed by atoms with E-state index in [0.29, 0.717) is 0 Å². The van der Waals surface area contributed by atoms with Gasteiger partial charge in [0, 0.05) is 22.3 Å². The fourth-order valence-corrected chi connectivity index (χ4v) is 3.93. The van der Waals surface area contributed by atoms with Gasteiger partial charge in [0.1, 0.15) is 23.0 Å². The molecule has 0 bridgehead atoms. The van der Waals surface area contributed by atoms with Crippen LogP contribution in [0.2, 0.25) is 0 Å². The first-order valence-corrected chi connectivity index (χ1v) is 10.3. The molecule has 0 aliphatic rings. The number of para-hydroxylation sites is 2. The van der Waals surface area contributed by atoms with Crippen LogP contribution in [-0.2, 0) is 0 Å². The number of hydrogen-bond acceptors (Lipinski definition) is 4. The van der Waals surface area contributed by atoms with Gasteiger partial charge < -0.3 is 18.9 Å². The summed E-state index contributed by atoms with van der Waals surface area (Å²) in [7, 11) is 6.72. The smallest absolute Gasteiger partial charge is 0.126 e. The highest BCUT2D eigenvalue weighted by Gasteiger charge is 2.15. The lowest BCUT2D eigenvalue weighted by Crippen LogP contribution is -1.94. The van der Waals surface area contributed by atoms with E-state index in [9.17, 15) is 0 Å². The minimum Gasteiger partial charge on any atom is -0.496 e. The molecule has 0 unspecified atom stereocenters. The molecule has 4 rings (SSSR count). The summed E-state index contributed by atoms with van der Waals surface area (Å²) in [6, 6.07) is 28.3. The van der Waals surface area contributed by atoms with Crippen molar-refractivity contribution in [2.75, 3.05) is 28.4 Å². The van der Waals surface area contributed by atoms with E-state index in [-0.39, 0.29) is 0 Å². The van der Waals surface area contributed by atoms with Crippen LogP contribution in [-0.4, -0.2) is 28.4 Å². The summed E-state index contributed by atoms with van der Waals surface area (Å²) in [6.07, 6.45) is 0. The van der Waals surface area contributed by atoms with E-state index >= 15 is 0 Å². The summed E-state index contributed by atoms with van der Waals surface area (Å²) < 4.78 is 22.5. The monoisotopic (exact) mass is 426 g/mol. The second-order valence-corrected chi connectivity index (χ2v) is 7.23. The summed E-state index contributed by atoms with van der Waals surface area (Å²) in [6.45, 7) is 0. The lowest BCUT2D eigenvalue weighted by atomic mass is 9.94. The number of methoxy groups -OCH3 is 4. The van der Waals surface area contributed by atoms with E-state index in [4.69, 9.17) is 18.9 Å². The van der Waals surface area contributed by atoms with Crippen molar-refractivity contribution >= 4 is 0 Å². The molecule has 0 saturated carbocycles. The lowest BCUT2D eigenvalue weighted by molar-refractivity contribution is 0.410. The van der Waals surface area contributed by atoms with Crippen LogP contribution in [0.1, 0.15) is 0 Å². The van der Waals surface area contributed by atoms with Gasteiger partial charge in [-0.25, -0.2) is 0 Å². The van der Waals surface area contributed by atoms with Gasteiger partial charge in [-0.05, 0) is 47.5 Å². The molecule has 4 aromatic rings. The molecule has 0 saturated heterocycles. The zero-order valence-corrected chi connectivity index (χ0v) is 18.7. The number of benzene rings is 4. The Hall–Kier alpha value is -3.92. The highest BCUT2D eigenvalue weighted by atomic mass is 16.5. The maximum atomic E-state index is 5.66. The van der Waals surface area contributed by atoms with Gasteiger partial charge in [0.25, 0.3) is 0 Å². The van der Waals surface area contributed by atoms with Crippen LogP contribution < -0.4 is 18.9 Å². The van der Waals surface area contributed by atoms with E-state index in [1.54, 1.807) is 28.4 Å². The Morgan fingerprint density at radius 1 is 0.375 bits per heavy atom. The van der Waals surface area contributed by atoms with Crippen molar-refractivity contribution in [3.63, 3.8) is 0 Å². The molecule has 0 heterocycles. The molecule has 0 atom stereocenters. The minimum atomic E-state index is 0.789. The van der Waals surface area contributed by atoms with Gasteiger partial charge in [0.05, 0.1) is 28.4 Å². The van der Waals surface area contributed by atoms with Gasteiger partial charge in [0.2, 0.25) is 0 Å². The molecule has 0 N–H and O–H groups in total. The predicted octanol–water partition coefficient (Wildman–Crippen LogP) is 6.72. The fraction of sp³-hybridized carbons (Fsp3) is 0.143. The van der Waals surface area contributed by atoms with Crippen LogP contribution >= 0.6 is 0 Å².